The molecule has 0 heterocycles. The normalized spacial score (nSPS) is 14.9. The van der Waals surface area contributed by atoms with Gasteiger partial charge in [0.15, 0.2) is 0 Å². The molecule has 0 amide bonds. The van der Waals surface area contributed by atoms with Crippen molar-refractivity contribution in [2.45, 2.75) is 59.1 Å². The van der Waals surface area contributed by atoms with Crippen LogP contribution in [0, 0.1) is 0 Å². The largest absolute Gasteiger partial charge is 0.234 e. The molecule has 0 saturated heterocycles. The summed E-state index contributed by atoms with van der Waals surface area (Å²) >= 11 is 0. The molecule has 0 bridgehead atoms. The maximum Gasteiger partial charge on any atom is 0.144 e. The summed E-state index contributed by atoms with van der Waals surface area (Å²) in [5.41, 5.74) is 2.29. The van der Waals surface area contributed by atoms with Gasteiger partial charge in [-0.05, 0) is 54.4 Å². The predicted octanol–water partition coefficient (Wildman–Crippen LogP) is 3.66. The highest BCUT2D eigenvalue weighted by molar-refractivity contribution is 7.85. The van der Waals surface area contributed by atoms with Gasteiger partial charge in [-0.3, -0.25) is 0 Å². The molecule has 0 rings (SSSR count). The zero-order valence-electron chi connectivity index (χ0n) is 10.8. The molecule has 0 aromatic heterocycles. The van der Waals surface area contributed by atoms with Crippen molar-refractivity contribution in [3.63, 3.8) is 0 Å². The Hall–Kier alpha value is -0.440. The van der Waals surface area contributed by atoms with E-state index in [9.17, 15) is 4.21 Å². The lowest BCUT2D eigenvalue weighted by molar-refractivity contribution is 0.650. The fourth-order valence-corrected chi connectivity index (χ4v) is 1.54. The van der Waals surface area contributed by atoms with Gasteiger partial charge in [0.25, 0.3) is 0 Å². The summed E-state index contributed by atoms with van der Waals surface area (Å²) in [4.78, 5) is 0. The van der Waals surface area contributed by atoms with Crippen molar-refractivity contribution in [1.29, 1.82) is 0 Å². The molecule has 0 aliphatic rings. The van der Waals surface area contributed by atoms with E-state index in [4.69, 9.17) is 0 Å². The van der Waals surface area contributed by atoms with E-state index >= 15 is 0 Å². The van der Waals surface area contributed by atoms with E-state index in [0.717, 1.165) is 18.6 Å². The van der Waals surface area contributed by atoms with Crippen LogP contribution in [0.4, 0.5) is 0 Å². The zero-order chi connectivity index (χ0) is 12.1. The average molecular weight is 229 g/mol. The molecular formula is C12H23NOS. The zero-order valence-corrected chi connectivity index (χ0v) is 11.6. The van der Waals surface area contributed by atoms with Crippen LogP contribution < -0.4 is 0 Å². The number of nitrogens with zero attached hydrogens (tertiary/aromatic N) is 1. The fraction of sp³-hybridized carbons (Fsp3) is 0.750. The quantitative estimate of drug-likeness (QED) is 0.534. The monoisotopic (exact) mass is 229 g/mol. The third-order valence-corrected chi connectivity index (χ3v) is 3.35. The first-order valence-corrected chi connectivity index (χ1v) is 6.43. The maximum atomic E-state index is 11.7. The van der Waals surface area contributed by atoms with E-state index in [1.807, 2.05) is 27.7 Å². The highest BCUT2D eigenvalue weighted by Gasteiger charge is 2.18. The van der Waals surface area contributed by atoms with E-state index in [-0.39, 0.29) is 4.75 Å². The number of allylic oxidation sites excluding steroid dienone is 2. The van der Waals surface area contributed by atoms with Crippen LogP contribution in [0.3, 0.4) is 0 Å². The molecule has 0 aliphatic carbocycles. The highest BCUT2D eigenvalue weighted by Crippen LogP contribution is 2.13. The summed E-state index contributed by atoms with van der Waals surface area (Å²) in [6, 6.07) is 0. The highest BCUT2D eigenvalue weighted by atomic mass is 32.2. The van der Waals surface area contributed by atoms with Gasteiger partial charge in [0.2, 0.25) is 0 Å². The Morgan fingerprint density at radius 2 is 1.80 bits per heavy atom. The molecule has 0 saturated carbocycles. The van der Waals surface area contributed by atoms with Crippen LogP contribution in [-0.4, -0.2) is 14.7 Å². The molecule has 88 valence electrons. The third kappa shape index (κ3) is 7.48. The van der Waals surface area contributed by atoms with Crippen molar-refractivity contribution in [3.8, 4) is 0 Å². The van der Waals surface area contributed by atoms with Crippen molar-refractivity contribution < 1.29 is 4.21 Å². The van der Waals surface area contributed by atoms with Crippen LogP contribution in [0.2, 0.25) is 0 Å². The van der Waals surface area contributed by atoms with E-state index in [2.05, 4.69) is 24.3 Å². The summed E-state index contributed by atoms with van der Waals surface area (Å²) in [5, 5.41) is 0. The standard InChI is InChI=1S/C12H23NOS/c1-10(2)8-7-9-11(3)13-15(14)12(4,5)6/h8H,7,9H2,1-6H3/t15-/m1/s1. The maximum absolute atomic E-state index is 11.7. The van der Waals surface area contributed by atoms with Crippen molar-refractivity contribution in [2.24, 2.45) is 4.40 Å². The van der Waals surface area contributed by atoms with E-state index in [1.54, 1.807) is 0 Å². The molecule has 0 radical (unpaired) electrons. The molecular weight excluding hydrogens is 206 g/mol. The molecule has 15 heavy (non-hydrogen) atoms. The Morgan fingerprint density at radius 1 is 1.27 bits per heavy atom. The lowest BCUT2D eigenvalue weighted by Gasteiger charge is -2.13. The smallest absolute Gasteiger partial charge is 0.144 e. The first kappa shape index (κ1) is 14.6. The molecule has 3 heteroatoms. The Labute approximate surface area is 96.5 Å². The van der Waals surface area contributed by atoms with Gasteiger partial charge in [-0.2, -0.15) is 4.40 Å². The van der Waals surface area contributed by atoms with Crippen molar-refractivity contribution >= 4 is 16.7 Å². The summed E-state index contributed by atoms with van der Waals surface area (Å²) in [7, 11) is -1.11. The third-order valence-electron chi connectivity index (χ3n) is 1.82. The molecule has 0 aromatic carbocycles. The van der Waals surface area contributed by atoms with Crippen molar-refractivity contribution in [2.75, 3.05) is 0 Å². The lowest BCUT2D eigenvalue weighted by Crippen LogP contribution is -2.20. The average Bonchev–Trinajstić information content (AvgIpc) is 2.01. The minimum Gasteiger partial charge on any atom is -0.234 e. The number of hydrogen-bond donors (Lipinski definition) is 0. The van der Waals surface area contributed by atoms with E-state index in [1.165, 1.54) is 5.57 Å². The van der Waals surface area contributed by atoms with Crippen LogP contribution in [0.5, 0.6) is 0 Å². The van der Waals surface area contributed by atoms with Crippen molar-refractivity contribution in [1.82, 2.24) is 0 Å². The van der Waals surface area contributed by atoms with Gasteiger partial charge < -0.3 is 0 Å². The van der Waals surface area contributed by atoms with Crippen molar-refractivity contribution in [3.05, 3.63) is 11.6 Å². The SMILES string of the molecule is CC(C)=CCCC(C)=N[S@](=O)C(C)(C)C. The first-order chi connectivity index (χ1) is 6.73. The summed E-state index contributed by atoms with van der Waals surface area (Å²) < 4.78 is 15.6. The van der Waals surface area contributed by atoms with Gasteiger partial charge in [0.1, 0.15) is 11.0 Å². The summed E-state index contributed by atoms with van der Waals surface area (Å²) in [6.45, 7) is 11.9. The van der Waals surface area contributed by atoms with Gasteiger partial charge in [-0.25, -0.2) is 4.21 Å². The Balaban J connectivity index is 4.22. The molecule has 0 aromatic rings. The summed E-state index contributed by atoms with van der Waals surface area (Å²) in [6.07, 6.45) is 4.06. The first-order valence-electron chi connectivity index (χ1n) is 5.33. The minimum absolute atomic E-state index is 0.252. The molecule has 0 N–H and O–H groups in total. The lowest BCUT2D eigenvalue weighted by atomic mass is 10.2. The fourth-order valence-electron chi connectivity index (χ4n) is 0.894. The Bertz CT molecular complexity index is 280. The van der Waals surface area contributed by atoms with Crippen LogP contribution >= 0.6 is 0 Å². The van der Waals surface area contributed by atoms with Gasteiger partial charge >= 0.3 is 0 Å². The Morgan fingerprint density at radius 3 is 2.20 bits per heavy atom. The topological polar surface area (TPSA) is 29.4 Å². The molecule has 0 fully saturated rings. The van der Waals surface area contributed by atoms with Gasteiger partial charge in [0, 0.05) is 5.71 Å². The van der Waals surface area contributed by atoms with Crippen LogP contribution in [0.1, 0.15) is 54.4 Å². The molecule has 0 spiro atoms. The summed E-state index contributed by atoms with van der Waals surface area (Å²) in [5.74, 6) is 0. The molecule has 0 unspecified atom stereocenters. The Kier molecular flexibility index (Phi) is 6.03. The molecule has 2 nitrogen and oxygen atoms in total. The second-order valence-electron chi connectivity index (χ2n) is 5.01. The van der Waals surface area contributed by atoms with Gasteiger partial charge in [0.05, 0.1) is 4.75 Å². The number of rotatable bonds is 4. The van der Waals surface area contributed by atoms with E-state index < -0.39 is 11.0 Å². The molecule has 1 atom stereocenters. The number of hydrogen-bond acceptors (Lipinski definition) is 1. The molecule has 0 aliphatic heterocycles. The van der Waals surface area contributed by atoms with E-state index in [0.29, 0.717) is 0 Å². The predicted molar refractivity (Wildman–Crippen MR) is 69.7 cm³/mol. The van der Waals surface area contributed by atoms with Gasteiger partial charge in [-0.1, -0.05) is 11.6 Å². The van der Waals surface area contributed by atoms with Gasteiger partial charge in [-0.15, -0.1) is 0 Å². The van der Waals surface area contributed by atoms with Crippen LogP contribution in [-0.2, 0) is 11.0 Å². The van der Waals surface area contributed by atoms with Crippen LogP contribution in [0.15, 0.2) is 16.0 Å². The second kappa shape index (κ2) is 6.21. The minimum atomic E-state index is -1.11. The second-order valence-corrected chi connectivity index (χ2v) is 6.91. The van der Waals surface area contributed by atoms with Crippen LogP contribution in [0.25, 0.3) is 0 Å².